The largest absolute Gasteiger partial charge is 0.494 e. The molecule has 126 valence electrons. The van der Waals surface area contributed by atoms with Crippen molar-refractivity contribution >= 4 is 11.6 Å². The number of nitro benzene ring substituents is 1. The first-order chi connectivity index (χ1) is 11.4. The Morgan fingerprint density at radius 1 is 1.21 bits per heavy atom. The molecular weight excluding hydrogens is 308 g/mol. The highest BCUT2D eigenvalue weighted by Crippen LogP contribution is 2.21. The topological polar surface area (TPSA) is 72.7 Å². The molecule has 0 unspecified atom stereocenters. The second-order valence-corrected chi connectivity index (χ2v) is 5.50. The van der Waals surface area contributed by atoms with Crippen LogP contribution in [0.3, 0.4) is 0 Å². The van der Waals surface area contributed by atoms with Gasteiger partial charge < -0.3 is 9.64 Å². The van der Waals surface area contributed by atoms with Crippen LogP contribution in [0.25, 0.3) is 0 Å². The Kier molecular flexibility index (Phi) is 5.52. The molecule has 0 saturated carbocycles. The number of hydrogen-bond donors (Lipinski definition) is 0. The molecule has 24 heavy (non-hydrogen) atoms. The third kappa shape index (κ3) is 4.10. The summed E-state index contributed by atoms with van der Waals surface area (Å²) in [5.74, 6) is 0.524. The predicted octanol–water partition coefficient (Wildman–Crippen LogP) is 3.57. The number of benzene rings is 2. The van der Waals surface area contributed by atoms with Crippen LogP contribution in [-0.2, 0) is 6.54 Å². The minimum atomic E-state index is -0.474. The summed E-state index contributed by atoms with van der Waals surface area (Å²) >= 11 is 0. The SMILES string of the molecule is CCOc1ccc(CN(C)C(=O)c2ccc(C)c([N+](=O)[O-])c2)cc1. The average molecular weight is 328 g/mol. The van der Waals surface area contributed by atoms with E-state index >= 15 is 0 Å². The summed E-state index contributed by atoms with van der Waals surface area (Å²) < 4.78 is 5.38. The zero-order valence-electron chi connectivity index (χ0n) is 14.0. The number of rotatable bonds is 6. The lowest BCUT2D eigenvalue weighted by Gasteiger charge is -2.17. The third-order valence-corrected chi connectivity index (χ3v) is 3.65. The maximum absolute atomic E-state index is 12.5. The molecule has 6 heteroatoms. The van der Waals surface area contributed by atoms with Gasteiger partial charge in [-0.3, -0.25) is 14.9 Å². The first-order valence-corrected chi connectivity index (χ1v) is 7.64. The van der Waals surface area contributed by atoms with Gasteiger partial charge in [-0.05, 0) is 37.6 Å². The molecule has 0 spiro atoms. The van der Waals surface area contributed by atoms with E-state index in [1.807, 2.05) is 31.2 Å². The fourth-order valence-electron chi connectivity index (χ4n) is 2.36. The molecule has 1 amide bonds. The summed E-state index contributed by atoms with van der Waals surface area (Å²) in [5, 5.41) is 11.0. The van der Waals surface area contributed by atoms with Gasteiger partial charge in [-0.25, -0.2) is 0 Å². The molecule has 2 rings (SSSR count). The van der Waals surface area contributed by atoms with E-state index in [4.69, 9.17) is 4.74 Å². The smallest absolute Gasteiger partial charge is 0.273 e. The Hall–Kier alpha value is -2.89. The zero-order chi connectivity index (χ0) is 17.7. The fourth-order valence-corrected chi connectivity index (χ4v) is 2.36. The van der Waals surface area contributed by atoms with Crippen molar-refractivity contribution in [1.82, 2.24) is 4.90 Å². The number of hydrogen-bond acceptors (Lipinski definition) is 4. The van der Waals surface area contributed by atoms with E-state index < -0.39 is 4.92 Å². The summed E-state index contributed by atoms with van der Waals surface area (Å²) in [7, 11) is 1.67. The number of carbonyl (C=O) groups is 1. The van der Waals surface area contributed by atoms with Crippen molar-refractivity contribution in [1.29, 1.82) is 0 Å². The minimum absolute atomic E-state index is 0.0460. The quantitative estimate of drug-likeness (QED) is 0.600. The maximum atomic E-state index is 12.5. The van der Waals surface area contributed by atoms with E-state index in [0.717, 1.165) is 11.3 Å². The van der Waals surface area contributed by atoms with Crippen molar-refractivity contribution in [3.8, 4) is 5.75 Å². The van der Waals surface area contributed by atoms with Crippen molar-refractivity contribution in [2.75, 3.05) is 13.7 Å². The van der Waals surface area contributed by atoms with E-state index in [9.17, 15) is 14.9 Å². The summed E-state index contributed by atoms with van der Waals surface area (Å²) in [6.07, 6.45) is 0. The molecule has 0 bridgehead atoms. The van der Waals surface area contributed by atoms with Crippen LogP contribution in [0, 0.1) is 17.0 Å². The molecule has 0 aliphatic carbocycles. The van der Waals surface area contributed by atoms with Gasteiger partial charge in [-0.2, -0.15) is 0 Å². The van der Waals surface area contributed by atoms with Crippen LogP contribution in [0.2, 0.25) is 0 Å². The standard InChI is InChI=1S/C18H20N2O4/c1-4-24-16-9-6-14(7-10-16)12-19(3)18(21)15-8-5-13(2)17(11-15)20(22)23/h5-11H,4,12H2,1-3H3. The highest BCUT2D eigenvalue weighted by Gasteiger charge is 2.17. The lowest BCUT2D eigenvalue weighted by atomic mass is 10.1. The molecular formula is C18H20N2O4. The van der Waals surface area contributed by atoms with E-state index in [2.05, 4.69) is 0 Å². The Morgan fingerprint density at radius 3 is 2.46 bits per heavy atom. The van der Waals surface area contributed by atoms with Gasteiger partial charge >= 0.3 is 0 Å². The second-order valence-electron chi connectivity index (χ2n) is 5.50. The number of ether oxygens (including phenoxy) is 1. The van der Waals surface area contributed by atoms with Gasteiger partial charge in [0.2, 0.25) is 0 Å². The lowest BCUT2D eigenvalue weighted by Crippen LogP contribution is -2.26. The Balaban J connectivity index is 2.12. The van der Waals surface area contributed by atoms with Gasteiger partial charge in [0, 0.05) is 30.8 Å². The van der Waals surface area contributed by atoms with E-state index in [0.29, 0.717) is 24.3 Å². The van der Waals surface area contributed by atoms with Crippen molar-refractivity contribution in [2.45, 2.75) is 20.4 Å². The molecule has 0 aliphatic rings. The van der Waals surface area contributed by atoms with Crippen LogP contribution in [0.5, 0.6) is 5.75 Å². The predicted molar refractivity (Wildman–Crippen MR) is 91.2 cm³/mol. The van der Waals surface area contributed by atoms with Crippen molar-refractivity contribution in [3.05, 3.63) is 69.3 Å². The highest BCUT2D eigenvalue weighted by atomic mass is 16.6. The second kappa shape index (κ2) is 7.59. The van der Waals surface area contributed by atoms with Crippen LogP contribution in [0.15, 0.2) is 42.5 Å². The molecule has 2 aromatic carbocycles. The van der Waals surface area contributed by atoms with Crippen LogP contribution >= 0.6 is 0 Å². The van der Waals surface area contributed by atoms with Gasteiger partial charge in [0.05, 0.1) is 11.5 Å². The van der Waals surface area contributed by atoms with Gasteiger partial charge in [0.25, 0.3) is 11.6 Å². The van der Waals surface area contributed by atoms with Crippen LogP contribution in [0.4, 0.5) is 5.69 Å². The molecule has 0 atom stereocenters. The molecule has 6 nitrogen and oxygen atoms in total. The van der Waals surface area contributed by atoms with Gasteiger partial charge in [0.1, 0.15) is 5.75 Å². The molecule has 0 heterocycles. The summed E-state index contributed by atoms with van der Waals surface area (Å²) in [6, 6.07) is 12.0. The first kappa shape index (κ1) is 17.5. The fraction of sp³-hybridized carbons (Fsp3) is 0.278. The zero-order valence-corrected chi connectivity index (χ0v) is 14.0. The molecule has 2 aromatic rings. The van der Waals surface area contributed by atoms with E-state index in [1.54, 1.807) is 26.1 Å². The monoisotopic (exact) mass is 328 g/mol. The number of aryl methyl sites for hydroxylation is 1. The number of nitro groups is 1. The Bertz CT molecular complexity index is 741. The number of amides is 1. The van der Waals surface area contributed by atoms with Crippen molar-refractivity contribution in [2.24, 2.45) is 0 Å². The minimum Gasteiger partial charge on any atom is -0.494 e. The van der Waals surface area contributed by atoms with Gasteiger partial charge in [-0.1, -0.05) is 18.2 Å². The van der Waals surface area contributed by atoms with Crippen LogP contribution < -0.4 is 4.74 Å². The number of carbonyl (C=O) groups excluding carboxylic acids is 1. The molecule has 0 radical (unpaired) electrons. The molecule has 0 saturated heterocycles. The molecule has 0 N–H and O–H groups in total. The summed E-state index contributed by atoms with van der Waals surface area (Å²) in [4.78, 5) is 24.6. The van der Waals surface area contributed by atoms with Crippen LogP contribution in [0.1, 0.15) is 28.4 Å². The Morgan fingerprint density at radius 2 is 1.88 bits per heavy atom. The molecule has 0 aliphatic heterocycles. The lowest BCUT2D eigenvalue weighted by molar-refractivity contribution is -0.385. The van der Waals surface area contributed by atoms with Gasteiger partial charge in [-0.15, -0.1) is 0 Å². The van der Waals surface area contributed by atoms with Gasteiger partial charge in [0.15, 0.2) is 0 Å². The highest BCUT2D eigenvalue weighted by molar-refractivity contribution is 5.94. The van der Waals surface area contributed by atoms with Crippen molar-refractivity contribution < 1.29 is 14.5 Å². The van der Waals surface area contributed by atoms with E-state index in [-0.39, 0.29) is 11.6 Å². The average Bonchev–Trinajstić information content (AvgIpc) is 2.56. The van der Waals surface area contributed by atoms with Crippen molar-refractivity contribution in [3.63, 3.8) is 0 Å². The molecule has 0 fully saturated rings. The summed E-state index contributed by atoms with van der Waals surface area (Å²) in [5.41, 5.74) is 1.75. The Labute approximate surface area is 140 Å². The first-order valence-electron chi connectivity index (χ1n) is 7.64. The van der Waals surface area contributed by atoms with Crippen LogP contribution in [-0.4, -0.2) is 29.4 Å². The molecule has 0 aromatic heterocycles. The third-order valence-electron chi connectivity index (χ3n) is 3.65. The number of nitrogens with zero attached hydrogens (tertiary/aromatic N) is 2. The summed E-state index contributed by atoms with van der Waals surface area (Å²) in [6.45, 7) is 4.58. The van der Waals surface area contributed by atoms with E-state index in [1.165, 1.54) is 11.0 Å². The maximum Gasteiger partial charge on any atom is 0.273 e. The normalized spacial score (nSPS) is 10.3.